The first-order chi connectivity index (χ1) is 30.3. The molecule has 62 heavy (non-hydrogen) atoms. The largest absolute Gasteiger partial charge is 0.444 e. The van der Waals surface area contributed by atoms with E-state index < -0.39 is 17.8 Å². The van der Waals surface area contributed by atoms with E-state index >= 15 is 0 Å². The monoisotopic (exact) mass is 881 g/mol. The molecule has 0 aliphatic heterocycles. The molecule has 10 heteroatoms. The summed E-state index contributed by atoms with van der Waals surface area (Å²) in [6.07, 6.45) is 44.0. The van der Waals surface area contributed by atoms with E-state index in [4.69, 9.17) is 28.4 Å². The first-order valence-electron chi connectivity index (χ1n) is 25.8. The summed E-state index contributed by atoms with van der Waals surface area (Å²) < 4.78 is 33.9. The quantitative estimate of drug-likeness (QED) is 0.0459. The molecule has 366 valence electrons. The maximum absolute atomic E-state index is 13.1. The van der Waals surface area contributed by atoms with Gasteiger partial charge >= 0.3 is 6.09 Å². The molecule has 0 bridgehead atoms. The standard InChI is InChI=1S/C52H100N2O8/c1-6-8-10-12-14-16-18-20-22-24-26-28-30-32-34-36-40-60-48-49(61-41-37-35-33-31-29-27-25-23-21-19-17-15-13-11-9-7-2)50(55)53-38-42-57-44-46-59-47-45-58-43-39-54-51(56)62-52(3,4)5/h20-23,49H,6-19,24-48H2,1-5H3,(H,53,55)(H,54,56)/b22-20-,23-21-. The van der Waals surface area contributed by atoms with Crippen LogP contribution in [0.1, 0.15) is 214 Å². The van der Waals surface area contributed by atoms with Gasteiger partial charge in [0.1, 0.15) is 5.60 Å². The molecule has 0 aromatic heterocycles. The molecule has 0 aliphatic carbocycles. The topological polar surface area (TPSA) is 114 Å². The van der Waals surface area contributed by atoms with Crippen LogP contribution in [0, 0.1) is 0 Å². The zero-order valence-electron chi connectivity index (χ0n) is 41.2. The van der Waals surface area contributed by atoms with Crippen molar-refractivity contribution in [2.75, 3.05) is 72.6 Å². The summed E-state index contributed by atoms with van der Waals surface area (Å²) in [5.41, 5.74) is -0.522. The maximum atomic E-state index is 13.1. The number of carbonyl (C=O) groups is 2. The minimum Gasteiger partial charge on any atom is -0.444 e. The molecular formula is C52H100N2O8. The van der Waals surface area contributed by atoms with E-state index in [1.807, 2.05) is 20.8 Å². The first-order valence-corrected chi connectivity index (χ1v) is 25.8. The van der Waals surface area contributed by atoms with Crippen molar-refractivity contribution in [2.45, 2.75) is 226 Å². The molecule has 0 radical (unpaired) electrons. The van der Waals surface area contributed by atoms with Crippen LogP contribution in [0.5, 0.6) is 0 Å². The van der Waals surface area contributed by atoms with Gasteiger partial charge in [0, 0.05) is 26.3 Å². The van der Waals surface area contributed by atoms with Gasteiger partial charge < -0.3 is 39.1 Å². The Labute approximate surface area is 382 Å². The van der Waals surface area contributed by atoms with Crippen molar-refractivity contribution < 1.29 is 38.0 Å². The Balaban J connectivity index is 4.19. The van der Waals surface area contributed by atoms with Crippen LogP contribution < -0.4 is 10.6 Å². The van der Waals surface area contributed by atoms with Crippen LogP contribution in [0.2, 0.25) is 0 Å². The summed E-state index contributed by atoms with van der Waals surface area (Å²) in [5, 5.41) is 5.63. The predicted octanol–water partition coefficient (Wildman–Crippen LogP) is 13.2. The molecule has 2 N–H and O–H groups in total. The van der Waals surface area contributed by atoms with E-state index in [0.29, 0.717) is 65.9 Å². The van der Waals surface area contributed by atoms with Gasteiger partial charge in [0.2, 0.25) is 0 Å². The second-order valence-electron chi connectivity index (χ2n) is 17.9. The van der Waals surface area contributed by atoms with Crippen molar-refractivity contribution in [2.24, 2.45) is 0 Å². The van der Waals surface area contributed by atoms with Gasteiger partial charge in [0.25, 0.3) is 5.91 Å². The van der Waals surface area contributed by atoms with E-state index in [-0.39, 0.29) is 12.5 Å². The van der Waals surface area contributed by atoms with Gasteiger partial charge in [-0.1, -0.05) is 154 Å². The maximum Gasteiger partial charge on any atom is 0.407 e. The molecule has 0 aromatic carbocycles. The lowest BCUT2D eigenvalue weighted by Crippen LogP contribution is -2.41. The number of hydrogen-bond donors (Lipinski definition) is 2. The van der Waals surface area contributed by atoms with Crippen molar-refractivity contribution >= 4 is 12.0 Å². The van der Waals surface area contributed by atoms with Crippen molar-refractivity contribution in [1.29, 1.82) is 0 Å². The molecule has 1 atom stereocenters. The van der Waals surface area contributed by atoms with Crippen LogP contribution in [-0.2, 0) is 33.2 Å². The third kappa shape index (κ3) is 49.0. The van der Waals surface area contributed by atoms with Gasteiger partial charge in [-0.25, -0.2) is 4.79 Å². The minimum atomic E-state index is -0.616. The summed E-state index contributed by atoms with van der Waals surface area (Å²) >= 11 is 0. The van der Waals surface area contributed by atoms with Crippen LogP contribution in [0.25, 0.3) is 0 Å². The molecular weight excluding hydrogens is 781 g/mol. The van der Waals surface area contributed by atoms with E-state index in [9.17, 15) is 9.59 Å². The molecule has 0 aliphatic rings. The first kappa shape index (κ1) is 60.0. The highest BCUT2D eigenvalue weighted by atomic mass is 16.6. The predicted molar refractivity (Wildman–Crippen MR) is 259 cm³/mol. The van der Waals surface area contributed by atoms with Crippen molar-refractivity contribution in [3.63, 3.8) is 0 Å². The molecule has 2 amide bonds. The van der Waals surface area contributed by atoms with Gasteiger partial charge in [0.15, 0.2) is 6.10 Å². The number of rotatable bonds is 48. The molecule has 0 aromatic rings. The molecule has 0 saturated heterocycles. The van der Waals surface area contributed by atoms with E-state index in [1.165, 1.54) is 154 Å². The number of amides is 2. The van der Waals surface area contributed by atoms with E-state index in [2.05, 4.69) is 48.8 Å². The van der Waals surface area contributed by atoms with E-state index in [1.54, 1.807) is 0 Å². The number of hydrogen-bond acceptors (Lipinski definition) is 8. The Morgan fingerprint density at radius 2 is 0.806 bits per heavy atom. The molecule has 10 nitrogen and oxygen atoms in total. The van der Waals surface area contributed by atoms with Crippen LogP contribution in [-0.4, -0.2) is 96.3 Å². The van der Waals surface area contributed by atoms with Crippen molar-refractivity contribution in [1.82, 2.24) is 10.6 Å². The summed E-state index contributed by atoms with van der Waals surface area (Å²) in [6.45, 7) is 14.8. The third-order valence-electron chi connectivity index (χ3n) is 10.5. The smallest absolute Gasteiger partial charge is 0.407 e. The van der Waals surface area contributed by atoms with E-state index in [0.717, 1.165) is 25.7 Å². The zero-order valence-corrected chi connectivity index (χ0v) is 41.2. The second kappa shape index (κ2) is 48.5. The van der Waals surface area contributed by atoms with Crippen LogP contribution in [0.3, 0.4) is 0 Å². The number of unbranched alkanes of at least 4 members (excludes halogenated alkanes) is 24. The minimum absolute atomic E-state index is 0.145. The fourth-order valence-corrected chi connectivity index (χ4v) is 6.86. The summed E-state index contributed by atoms with van der Waals surface area (Å²) in [5.74, 6) is -0.145. The second-order valence-corrected chi connectivity index (χ2v) is 17.9. The molecule has 0 fully saturated rings. The SMILES string of the molecule is CCCCCCCC/C=C\CCCCCCCCOCC(OCCCCCCCC/C=C\CCCCCCCC)C(=O)NCCOCCOCCOCCNC(=O)OC(C)(C)C. The average molecular weight is 881 g/mol. The Bertz CT molecular complexity index is 1000. The van der Waals surface area contributed by atoms with Gasteiger partial charge in [-0.15, -0.1) is 0 Å². The normalized spacial score (nSPS) is 12.5. The zero-order chi connectivity index (χ0) is 45.3. The molecule has 0 spiro atoms. The molecule has 0 heterocycles. The lowest BCUT2D eigenvalue weighted by atomic mass is 10.1. The Morgan fingerprint density at radius 3 is 1.24 bits per heavy atom. The fourth-order valence-electron chi connectivity index (χ4n) is 6.86. The number of allylic oxidation sites excluding steroid dienone is 4. The number of alkyl carbamates (subject to hydrolysis) is 1. The third-order valence-corrected chi connectivity index (χ3v) is 10.5. The van der Waals surface area contributed by atoms with Gasteiger partial charge in [0.05, 0.1) is 46.2 Å². The van der Waals surface area contributed by atoms with Crippen molar-refractivity contribution in [3.05, 3.63) is 24.3 Å². The number of ether oxygens (including phenoxy) is 6. The van der Waals surface area contributed by atoms with Gasteiger partial charge in [-0.05, 0) is 85.0 Å². The molecule has 0 rings (SSSR count). The summed E-state index contributed by atoms with van der Waals surface area (Å²) in [7, 11) is 0. The highest BCUT2D eigenvalue weighted by Crippen LogP contribution is 2.13. The Morgan fingerprint density at radius 1 is 0.435 bits per heavy atom. The number of carbonyl (C=O) groups excluding carboxylic acids is 2. The van der Waals surface area contributed by atoms with Crippen LogP contribution in [0.4, 0.5) is 4.79 Å². The molecule has 1 unspecified atom stereocenters. The van der Waals surface area contributed by atoms with Gasteiger partial charge in [-0.2, -0.15) is 0 Å². The van der Waals surface area contributed by atoms with Crippen LogP contribution in [0.15, 0.2) is 24.3 Å². The highest BCUT2D eigenvalue weighted by molar-refractivity contribution is 5.80. The summed E-state index contributed by atoms with van der Waals surface area (Å²) in [4.78, 5) is 24.7. The van der Waals surface area contributed by atoms with Crippen molar-refractivity contribution in [3.8, 4) is 0 Å². The fraction of sp³-hybridized carbons (Fsp3) is 0.885. The Hall–Kier alpha value is -1.98. The number of nitrogens with one attached hydrogen (secondary N) is 2. The lowest BCUT2D eigenvalue weighted by molar-refractivity contribution is -0.137. The van der Waals surface area contributed by atoms with Gasteiger partial charge in [-0.3, -0.25) is 4.79 Å². The lowest BCUT2D eigenvalue weighted by Gasteiger charge is -2.19. The molecule has 0 saturated carbocycles. The summed E-state index contributed by atoms with van der Waals surface area (Å²) in [6, 6.07) is 0. The Kier molecular flexibility index (Phi) is 46.9. The highest BCUT2D eigenvalue weighted by Gasteiger charge is 2.19. The average Bonchev–Trinajstić information content (AvgIpc) is 3.24. The van der Waals surface area contributed by atoms with Crippen LogP contribution >= 0.6 is 0 Å².